The third-order valence-electron chi connectivity index (χ3n) is 2.91. The van der Waals surface area contributed by atoms with Crippen LogP contribution in [0.1, 0.15) is 24.0 Å². The molecular weight excluding hydrogens is 172 g/mol. The van der Waals surface area contributed by atoms with Crippen LogP contribution in [0.4, 0.5) is 5.69 Å². The number of rotatable bonds is 3. The molecule has 1 aliphatic rings. The van der Waals surface area contributed by atoms with E-state index in [4.69, 9.17) is 0 Å². The molecule has 0 amide bonds. The monoisotopic (exact) mass is 190 g/mol. The van der Waals surface area contributed by atoms with E-state index in [0.29, 0.717) is 5.92 Å². The van der Waals surface area contributed by atoms with Crippen LogP contribution in [0, 0.1) is 0 Å². The lowest BCUT2D eigenvalue weighted by Gasteiger charge is -2.06. The fourth-order valence-corrected chi connectivity index (χ4v) is 1.98. The molecule has 2 heteroatoms. The maximum absolute atomic E-state index is 3.42. The second kappa shape index (κ2) is 4.01. The summed E-state index contributed by atoms with van der Waals surface area (Å²) in [6, 6.07) is 6.78. The quantitative estimate of drug-likeness (QED) is 0.761. The minimum absolute atomic E-state index is 0.666. The third-order valence-corrected chi connectivity index (χ3v) is 2.91. The molecule has 0 saturated carbocycles. The number of fused-ring (bicyclic) bond motifs is 1. The maximum atomic E-state index is 3.42. The molecule has 2 rings (SSSR count). The number of hydrogen-bond acceptors (Lipinski definition) is 2. The van der Waals surface area contributed by atoms with E-state index in [1.165, 1.54) is 16.8 Å². The molecule has 0 aliphatic carbocycles. The molecule has 2 N–H and O–H groups in total. The van der Waals surface area contributed by atoms with Crippen LogP contribution in [0.3, 0.4) is 0 Å². The molecule has 0 fully saturated rings. The summed E-state index contributed by atoms with van der Waals surface area (Å²) < 4.78 is 0. The van der Waals surface area contributed by atoms with E-state index < -0.39 is 0 Å². The molecule has 2 nitrogen and oxygen atoms in total. The smallest absolute Gasteiger partial charge is 0.0376 e. The Morgan fingerprint density at radius 3 is 3.14 bits per heavy atom. The Morgan fingerprint density at radius 2 is 2.36 bits per heavy atom. The largest absolute Gasteiger partial charge is 0.384 e. The molecule has 14 heavy (non-hydrogen) atoms. The predicted octanol–water partition coefficient (Wildman–Crippen LogP) is 1.98. The van der Waals surface area contributed by atoms with Gasteiger partial charge in [0.2, 0.25) is 0 Å². The van der Waals surface area contributed by atoms with Crippen molar-refractivity contribution in [3.05, 3.63) is 29.3 Å². The summed E-state index contributed by atoms with van der Waals surface area (Å²) in [5, 5.41) is 6.60. The van der Waals surface area contributed by atoms with Crippen molar-refractivity contribution in [2.24, 2.45) is 0 Å². The molecule has 0 aromatic heterocycles. The van der Waals surface area contributed by atoms with Crippen LogP contribution < -0.4 is 10.6 Å². The van der Waals surface area contributed by atoms with Crippen LogP contribution in [0.2, 0.25) is 0 Å². The molecule has 1 aromatic rings. The SMILES string of the molecule is CNCCc1ccc2c(c1)C(C)CN2. The van der Waals surface area contributed by atoms with Gasteiger partial charge in [-0.1, -0.05) is 19.1 Å². The van der Waals surface area contributed by atoms with Gasteiger partial charge in [0.15, 0.2) is 0 Å². The summed E-state index contributed by atoms with van der Waals surface area (Å²) in [5.74, 6) is 0.666. The fraction of sp³-hybridized carbons (Fsp3) is 0.500. The second-order valence-electron chi connectivity index (χ2n) is 4.06. The van der Waals surface area contributed by atoms with Gasteiger partial charge in [-0.25, -0.2) is 0 Å². The van der Waals surface area contributed by atoms with Gasteiger partial charge in [0.25, 0.3) is 0 Å². The Hall–Kier alpha value is -1.02. The highest BCUT2D eigenvalue weighted by molar-refractivity contribution is 5.58. The molecule has 0 radical (unpaired) electrons. The zero-order chi connectivity index (χ0) is 9.97. The van der Waals surface area contributed by atoms with Crippen molar-refractivity contribution in [3.63, 3.8) is 0 Å². The zero-order valence-electron chi connectivity index (χ0n) is 8.93. The number of likely N-dealkylation sites (N-methyl/N-ethyl adjacent to an activating group) is 1. The molecule has 0 saturated heterocycles. The normalized spacial score (nSPS) is 19.1. The number of anilines is 1. The second-order valence-corrected chi connectivity index (χ2v) is 4.06. The molecule has 0 spiro atoms. The minimum atomic E-state index is 0.666. The Balaban J connectivity index is 2.17. The van der Waals surface area contributed by atoms with Crippen molar-refractivity contribution in [3.8, 4) is 0 Å². The van der Waals surface area contributed by atoms with Gasteiger partial charge >= 0.3 is 0 Å². The molecule has 1 heterocycles. The lowest BCUT2D eigenvalue weighted by molar-refractivity contribution is 0.788. The fourth-order valence-electron chi connectivity index (χ4n) is 1.98. The van der Waals surface area contributed by atoms with E-state index in [-0.39, 0.29) is 0 Å². The Labute approximate surface area is 85.7 Å². The van der Waals surface area contributed by atoms with Crippen LogP contribution in [-0.2, 0) is 6.42 Å². The van der Waals surface area contributed by atoms with Crippen LogP contribution in [0.5, 0.6) is 0 Å². The highest BCUT2D eigenvalue weighted by Crippen LogP contribution is 2.31. The molecule has 1 aromatic carbocycles. The van der Waals surface area contributed by atoms with Crippen LogP contribution in [0.15, 0.2) is 18.2 Å². The van der Waals surface area contributed by atoms with Crippen LogP contribution in [-0.4, -0.2) is 20.1 Å². The van der Waals surface area contributed by atoms with Crippen molar-refractivity contribution in [2.45, 2.75) is 19.3 Å². The topological polar surface area (TPSA) is 24.1 Å². The van der Waals surface area contributed by atoms with Gasteiger partial charge in [-0.05, 0) is 37.2 Å². The van der Waals surface area contributed by atoms with Crippen molar-refractivity contribution in [1.82, 2.24) is 5.32 Å². The number of nitrogens with one attached hydrogen (secondary N) is 2. The average Bonchev–Trinajstić information content (AvgIpc) is 2.57. The van der Waals surface area contributed by atoms with Crippen LogP contribution >= 0.6 is 0 Å². The Kier molecular flexibility index (Phi) is 2.73. The van der Waals surface area contributed by atoms with Gasteiger partial charge in [-0.15, -0.1) is 0 Å². The summed E-state index contributed by atoms with van der Waals surface area (Å²) in [7, 11) is 2.00. The molecule has 0 bridgehead atoms. The Bertz CT molecular complexity index is 320. The summed E-state index contributed by atoms with van der Waals surface area (Å²) in [5.41, 5.74) is 4.25. The first-order valence-electron chi connectivity index (χ1n) is 5.32. The summed E-state index contributed by atoms with van der Waals surface area (Å²) >= 11 is 0. The van der Waals surface area contributed by atoms with Crippen molar-refractivity contribution in [2.75, 3.05) is 25.5 Å². The van der Waals surface area contributed by atoms with Crippen molar-refractivity contribution >= 4 is 5.69 Å². The van der Waals surface area contributed by atoms with E-state index in [2.05, 4.69) is 35.8 Å². The molecule has 76 valence electrons. The van der Waals surface area contributed by atoms with Gasteiger partial charge in [0.1, 0.15) is 0 Å². The number of benzene rings is 1. The van der Waals surface area contributed by atoms with E-state index in [1.54, 1.807) is 0 Å². The lowest BCUT2D eigenvalue weighted by atomic mass is 10.00. The molecule has 1 atom stereocenters. The van der Waals surface area contributed by atoms with Gasteiger partial charge in [-0.3, -0.25) is 0 Å². The molecule has 1 unspecified atom stereocenters. The zero-order valence-corrected chi connectivity index (χ0v) is 8.93. The summed E-state index contributed by atoms with van der Waals surface area (Å²) in [6.07, 6.45) is 1.12. The van der Waals surface area contributed by atoms with Crippen molar-refractivity contribution in [1.29, 1.82) is 0 Å². The Morgan fingerprint density at radius 1 is 1.50 bits per heavy atom. The molecule has 1 aliphatic heterocycles. The third kappa shape index (κ3) is 1.75. The summed E-state index contributed by atoms with van der Waals surface area (Å²) in [4.78, 5) is 0. The summed E-state index contributed by atoms with van der Waals surface area (Å²) in [6.45, 7) is 4.42. The first-order valence-corrected chi connectivity index (χ1v) is 5.32. The number of hydrogen-bond donors (Lipinski definition) is 2. The predicted molar refractivity (Wildman–Crippen MR) is 61.0 cm³/mol. The minimum Gasteiger partial charge on any atom is -0.384 e. The standard InChI is InChI=1S/C12H18N2/c1-9-8-14-12-4-3-10(5-6-13-2)7-11(9)12/h3-4,7,9,13-14H,5-6,8H2,1-2H3. The van der Waals surface area contributed by atoms with Gasteiger partial charge in [-0.2, -0.15) is 0 Å². The van der Waals surface area contributed by atoms with E-state index in [9.17, 15) is 0 Å². The van der Waals surface area contributed by atoms with E-state index in [1.807, 2.05) is 7.05 Å². The molecular formula is C12H18N2. The maximum Gasteiger partial charge on any atom is 0.0376 e. The van der Waals surface area contributed by atoms with Gasteiger partial charge in [0, 0.05) is 18.2 Å². The van der Waals surface area contributed by atoms with E-state index in [0.717, 1.165) is 19.5 Å². The highest BCUT2D eigenvalue weighted by atomic mass is 14.9. The highest BCUT2D eigenvalue weighted by Gasteiger charge is 2.17. The van der Waals surface area contributed by atoms with Crippen molar-refractivity contribution < 1.29 is 0 Å². The first kappa shape index (κ1) is 9.53. The van der Waals surface area contributed by atoms with E-state index >= 15 is 0 Å². The average molecular weight is 190 g/mol. The van der Waals surface area contributed by atoms with Gasteiger partial charge in [0.05, 0.1) is 0 Å². The van der Waals surface area contributed by atoms with Crippen LogP contribution in [0.25, 0.3) is 0 Å². The first-order chi connectivity index (χ1) is 6.81. The van der Waals surface area contributed by atoms with Gasteiger partial charge < -0.3 is 10.6 Å². The lowest BCUT2D eigenvalue weighted by Crippen LogP contribution is -2.10.